The van der Waals surface area contributed by atoms with Gasteiger partial charge in [0.1, 0.15) is 18.0 Å². The molecule has 0 heterocycles. The van der Waals surface area contributed by atoms with Crippen LogP contribution in [-0.4, -0.2) is 56.1 Å². The van der Waals surface area contributed by atoms with Gasteiger partial charge in [0.25, 0.3) is 0 Å². The Kier molecular flexibility index (Phi) is 11.7. The molecule has 0 aromatic heterocycles. The van der Waals surface area contributed by atoms with E-state index in [1.807, 2.05) is 0 Å². The minimum Gasteiger partial charge on any atom is -0.380 e. The van der Waals surface area contributed by atoms with Crippen molar-refractivity contribution in [3.63, 3.8) is 0 Å². The number of anilines is 1. The summed E-state index contributed by atoms with van der Waals surface area (Å²) in [4.78, 5) is 57.3. The molecule has 3 N–H and O–H groups in total. The van der Waals surface area contributed by atoms with Gasteiger partial charge in [-0.25, -0.2) is 0 Å². The molecule has 0 aliphatic carbocycles. The SMILES string of the molecule is CNC(=O)CCCOCCNC(=O)CC(=O)Nc1ccc(CC(=O)CC(C)=O)cc1. The Hall–Kier alpha value is -3.07. The molecule has 1 aromatic carbocycles. The van der Waals surface area contributed by atoms with Crippen LogP contribution in [0.1, 0.15) is 38.2 Å². The van der Waals surface area contributed by atoms with Crippen molar-refractivity contribution < 1.29 is 28.7 Å². The van der Waals surface area contributed by atoms with Crippen LogP contribution in [0.2, 0.25) is 0 Å². The van der Waals surface area contributed by atoms with Crippen LogP contribution in [0.3, 0.4) is 0 Å². The maximum atomic E-state index is 11.9. The van der Waals surface area contributed by atoms with Gasteiger partial charge in [0, 0.05) is 38.7 Å². The maximum absolute atomic E-state index is 11.9. The Labute approximate surface area is 175 Å². The normalized spacial score (nSPS) is 10.2. The molecule has 0 atom stereocenters. The molecule has 1 rings (SSSR count). The Bertz CT molecular complexity index is 746. The lowest BCUT2D eigenvalue weighted by molar-refractivity contribution is -0.128. The summed E-state index contributed by atoms with van der Waals surface area (Å²) in [5.41, 5.74) is 1.25. The molecule has 0 saturated heterocycles. The molecule has 1 aromatic rings. The summed E-state index contributed by atoms with van der Waals surface area (Å²) in [5.74, 6) is -1.26. The molecule has 0 fully saturated rings. The molecule has 0 spiro atoms. The molecular weight excluding hydrogens is 390 g/mol. The molecule has 30 heavy (non-hydrogen) atoms. The van der Waals surface area contributed by atoms with E-state index in [0.717, 1.165) is 5.56 Å². The first-order valence-electron chi connectivity index (χ1n) is 9.75. The third-order valence-electron chi connectivity index (χ3n) is 3.95. The molecule has 0 bridgehead atoms. The summed E-state index contributed by atoms with van der Waals surface area (Å²) in [6.45, 7) is 2.36. The molecule has 9 nitrogen and oxygen atoms in total. The predicted octanol–water partition coefficient (Wildman–Crippen LogP) is 0.765. The van der Waals surface area contributed by atoms with E-state index in [4.69, 9.17) is 4.74 Å². The zero-order valence-corrected chi connectivity index (χ0v) is 17.4. The maximum Gasteiger partial charge on any atom is 0.233 e. The van der Waals surface area contributed by atoms with Gasteiger partial charge in [-0.05, 0) is 31.0 Å². The minimum atomic E-state index is -0.459. The Morgan fingerprint density at radius 2 is 1.60 bits per heavy atom. The van der Waals surface area contributed by atoms with Crippen LogP contribution in [0.5, 0.6) is 0 Å². The van der Waals surface area contributed by atoms with Crippen molar-refractivity contribution in [1.82, 2.24) is 10.6 Å². The van der Waals surface area contributed by atoms with Gasteiger partial charge < -0.3 is 20.7 Å². The first-order valence-corrected chi connectivity index (χ1v) is 9.75. The highest BCUT2D eigenvalue weighted by Gasteiger charge is 2.10. The zero-order valence-electron chi connectivity index (χ0n) is 17.4. The van der Waals surface area contributed by atoms with Crippen molar-refractivity contribution in [2.24, 2.45) is 0 Å². The van der Waals surface area contributed by atoms with Gasteiger partial charge in [0.15, 0.2) is 0 Å². The van der Waals surface area contributed by atoms with Gasteiger partial charge in [-0.15, -0.1) is 0 Å². The van der Waals surface area contributed by atoms with Gasteiger partial charge in [-0.2, -0.15) is 0 Å². The number of nitrogens with one attached hydrogen (secondary N) is 3. The second-order valence-corrected chi connectivity index (χ2v) is 6.76. The highest BCUT2D eigenvalue weighted by molar-refractivity contribution is 6.03. The Balaban J connectivity index is 2.22. The Morgan fingerprint density at radius 3 is 2.23 bits per heavy atom. The van der Waals surface area contributed by atoms with E-state index in [1.165, 1.54) is 6.92 Å². The summed E-state index contributed by atoms with van der Waals surface area (Å²) >= 11 is 0. The number of benzene rings is 1. The van der Waals surface area contributed by atoms with Gasteiger partial charge >= 0.3 is 0 Å². The summed E-state index contributed by atoms with van der Waals surface area (Å²) in [6.07, 6.45) is 0.729. The number of carbonyl (C=O) groups excluding carboxylic acids is 5. The number of ketones is 2. The third-order valence-corrected chi connectivity index (χ3v) is 3.95. The van der Waals surface area contributed by atoms with Crippen molar-refractivity contribution in [2.75, 3.05) is 32.1 Å². The number of hydrogen-bond donors (Lipinski definition) is 3. The largest absolute Gasteiger partial charge is 0.380 e. The molecular formula is C21H29N3O6. The number of rotatable bonds is 14. The number of Topliss-reactive ketones (excluding diaryl/α,β-unsaturated/α-hetero) is 2. The molecule has 0 unspecified atom stereocenters. The van der Waals surface area contributed by atoms with Crippen molar-refractivity contribution in [3.8, 4) is 0 Å². The van der Waals surface area contributed by atoms with Gasteiger partial charge in [-0.1, -0.05) is 12.1 Å². The molecule has 0 saturated carbocycles. The molecule has 0 aliphatic rings. The number of amides is 3. The highest BCUT2D eigenvalue weighted by atomic mass is 16.5. The fourth-order valence-corrected chi connectivity index (χ4v) is 2.51. The average Bonchev–Trinajstić information content (AvgIpc) is 2.67. The monoisotopic (exact) mass is 419 g/mol. The second kappa shape index (κ2) is 14.0. The van der Waals surface area contributed by atoms with Crippen molar-refractivity contribution in [3.05, 3.63) is 29.8 Å². The van der Waals surface area contributed by atoms with Crippen LogP contribution in [0.25, 0.3) is 0 Å². The van der Waals surface area contributed by atoms with Crippen molar-refractivity contribution in [1.29, 1.82) is 0 Å². The van der Waals surface area contributed by atoms with E-state index in [-0.39, 0.29) is 43.3 Å². The number of ether oxygens (including phenoxy) is 1. The third kappa shape index (κ3) is 11.7. The van der Waals surface area contributed by atoms with Crippen LogP contribution in [-0.2, 0) is 35.1 Å². The smallest absolute Gasteiger partial charge is 0.233 e. The number of hydrogen-bond acceptors (Lipinski definition) is 6. The first-order chi connectivity index (χ1) is 14.3. The molecule has 3 amide bonds. The lowest BCUT2D eigenvalue weighted by atomic mass is 10.1. The first kappa shape index (κ1) is 25.0. The van der Waals surface area contributed by atoms with Crippen LogP contribution in [0.15, 0.2) is 24.3 Å². The fourth-order valence-electron chi connectivity index (χ4n) is 2.51. The minimum absolute atomic E-state index is 0.0472. The van der Waals surface area contributed by atoms with E-state index in [0.29, 0.717) is 31.7 Å². The summed E-state index contributed by atoms with van der Waals surface area (Å²) in [6, 6.07) is 6.65. The van der Waals surface area contributed by atoms with Crippen LogP contribution in [0, 0.1) is 0 Å². The quantitative estimate of drug-likeness (QED) is 0.301. The van der Waals surface area contributed by atoms with Gasteiger partial charge in [-0.3, -0.25) is 24.0 Å². The molecule has 0 aliphatic heterocycles. The lowest BCUT2D eigenvalue weighted by Gasteiger charge is -2.08. The highest BCUT2D eigenvalue weighted by Crippen LogP contribution is 2.11. The van der Waals surface area contributed by atoms with Gasteiger partial charge in [0.05, 0.1) is 13.0 Å². The second-order valence-electron chi connectivity index (χ2n) is 6.76. The Morgan fingerprint density at radius 1 is 0.900 bits per heavy atom. The lowest BCUT2D eigenvalue weighted by Crippen LogP contribution is -2.30. The summed E-state index contributed by atoms with van der Waals surface area (Å²) in [5, 5.41) is 7.72. The topological polar surface area (TPSA) is 131 Å². The summed E-state index contributed by atoms with van der Waals surface area (Å²) < 4.78 is 5.30. The van der Waals surface area contributed by atoms with Gasteiger partial charge in [0.2, 0.25) is 17.7 Å². The van der Waals surface area contributed by atoms with Crippen molar-refractivity contribution >= 4 is 35.0 Å². The fraction of sp³-hybridized carbons (Fsp3) is 0.476. The van der Waals surface area contributed by atoms with E-state index < -0.39 is 11.8 Å². The number of carbonyl (C=O) groups is 5. The van der Waals surface area contributed by atoms with E-state index >= 15 is 0 Å². The summed E-state index contributed by atoms with van der Waals surface area (Å²) in [7, 11) is 1.57. The van der Waals surface area contributed by atoms with Crippen LogP contribution in [0.4, 0.5) is 5.69 Å². The van der Waals surface area contributed by atoms with E-state index in [1.54, 1.807) is 31.3 Å². The zero-order chi connectivity index (χ0) is 22.4. The van der Waals surface area contributed by atoms with E-state index in [2.05, 4.69) is 16.0 Å². The standard InChI is InChI=1S/C21H29N3O6/c1-15(25)12-18(26)13-16-5-7-17(8-6-16)24-21(29)14-20(28)23-9-11-30-10-3-4-19(27)22-2/h5-8H,3-4,9-14H2,1-2H3,(H,22,27)(H,23,28)(H,24,29). The van der Waals surface area contributed by atoms with Crippen LogP contribution >= 0.6 is 0 Å². The van der Waals surface area contributed by atoms with Crippen molar-refractivity contribution in [2.45, 2.75) is 39.0 Å². The predicted molar refractivity (Wildman–Crippen MR) is 111 cm³/mol. The average molecular weight is 419 g/mol. The molecule has 164 valence electrons. The van der Waals surface area contributed by atoms with E-state index in [9.17, 15) is 24.0 Å². The molecule has 0 radical (unpaired) electrons. The van der Waals surface area contributed by atoms with Crippen LogP contribution < -0.4 is 16.0 Å². The molecule has 9 heteroatoms.